The summed E-state index contributed by atoms with van der Waals surface area (Å²) in [6, 6.07) is 7.04. The van der Waals surface area contributed by atoms with Crippen molar-refractivity contribution in [2.75, 3.05) is 37.1 Å². The molecule has 0 saturated carbocycles. The lowest BCUT2D eigenvalue weighted by molar-refractivity contribution is -0.113. The van der Waals surface area contributed by atoms with Crippen molar-refractivity contribution in [1.82, 2.24) is 0 Å². The molecular formula is C14H21NO4S. The average Bonchev–Trinajstić information content (AvgIpc) is 2.44. The maximum absolute atomic E-state index is 11.4. The van der Waals surface area contributed by atoms with Gasteiger partial charge in [-0.15, -0.1) is 0 Å². The summed E-state index contributed by atoms with van der Waals surface area (Å²) in [6.45, 7) is 2.89. The van der Waals surface area contributed by atoms with Crippen molar-refractivity contribution < 1.29 is 19.4 Å². The summed E-state index contributed by atoms with van der Waals surface area (Å²) in [5.41, 5.74) is 0.728. The summed E-state index contributed by atoms with van der Waals surface area (Å²) in [6.07, 6.45) is 1.24. The van der Waals surface area contributed by atoms with Gasteiger partial charge in [0.15, 0.2) is 0 Å². The maximum Gasteiger partial charge on any atom is 0.234 e. The molecule has 0 bridgehead atoms. The number of hydrogen-bond donors (Lipinski definition) is 2. The minimum atomic E-state index is -0.643. The molecule has 20 heavy (non-hydrogen) atoms. The van der Waals surface area contributed by atoms with Crippen molar-refractivity contribution in [2.45, 2.75) is 13.0 Å². The van der Waals surface area contributed by atoms with Crippen LogP contribution in [0.4, 0.5) is 5.69 Å². The number of nitrogens with one attached hydrogen (secondary N) is 1. The van der Waals surface area contributed by atoms with Crippen LogP contribution in [0.15, 0.2) is 24.3 Å². The molecule has 1 unspecified atom stereocenters. The van der Waals surface area contributed by atoms with E-state index in [1.54, 1.807) is 24.3 Å². The lowest BCUT2D eigenvalue weighted by Gasteiger charge is -2.12. The topological polar surface area (TPSA) is 67.8 Å². The third kappa shape index (κ3) is 6.79. The number of anilines is 1. The van der Waals surface area contributed by atoms with Crippen LogP contribution in [0.25, 0.3) is 0 Å². The number of benzene rings is 1. The van der Waals surface area contributed by atoms with Crippen LogP contribution in [-0.4, -0.2) is 48.9 Å². The van der Waals surface area contributed by atoms with E-state index in [2.05, 4.69) is 5.32 Å². The van der Waals surface area contributed by atoms with Gasteiger partial charge in [0.2, 0.25) is 5.91 Å². The van der Waals surface area contributed by atoms with Crippen LogP contribution in [0.1, 0.15) is 6.92 Å². The quantitative estimate of drug-likeness (QED) is 0.727. The van der Waals surface area contributed by atoms with Crippen molar-refractivity contribution in [3.63, 3.8) is 0 Å². The van der Waals surface area contributed by atoms with Crippen LogP contribution in [0.2, 0.25) is 0 Å². The van der Waals surface area contributed by atoms with Gasteiger partial charge in [-0.2, -0.15) is 11.8 Å². The number of carbonyl (C=O) groups is 1. The molecule has 1 amide bonds. The van der Waals surface area contributed by atoms with Gasteiger partial charge in [-0.25, -0.2) is 0 Å². The van der Waals surface area contributed by atoms with Crippen LogP contribution in [0.5, 0.6) is 5.75 Å². The predicted molar refractivity (Wildman–Crippen MR) is 81.4 cm³/mol. The number of ether oxygens (including phenoxy) is 2. The molecule has 0 aliphatic carbocycles. The zero-order valence-electron chi connectivity index (χ0n) is 11.8. The van der Waals surface area contributed by atoms with Gasteiger partial charge in [0.25, 0.3) is 0 Å². The van der Waals surface area contributed by atoms with Crippen molar-refractivity contribution in [1.29, 1.82) is 0 Å². The number of rotatable bonds is 9. The molecule has 0 saturated heterocycles. The van der Waals surface area contributed by atoms with Crippen LogP contribution in [0.3, 0.4) is 0 Å². The van der Waals surface area contributed by atoms with E-state index in [0.717, 1.165) is 5.69 Å². The summed E-state index contributed by atoms with van der Waals surface area (Å²) in [4.78, 5) is 11.4. The van der Waals surface area contributed by atoms with E-state index >= 15 is 0 Å². The second-order valence-electron chi connectivity index (χ2n) is 4.13. The minimum absolute atomic E-state index is 0.0293. The van der Waals surface area contributed by atoms with Gasteiger partial charge in [-0.1, -0.05) is 0 Å². The first kappa shape index (κ1) is 16.8. The van der Waals surface area contributed by atoms with Gasteiger partial charge >= 0.3 is 0 Å². The van der Waals surface area contributed by atoms with Crippen molar-refractivity contribution in [3.05, 3.63) is 24.3 Å². The van der Waals surface area contributed by atoms with Crippen LogP contribution < -0.4 is 10.1 Å². The number of amides is 1. The predicted octanol–water partition coefficient (Wildman–Crippen LogP) is 1.76. The highest BCUT2D eigenvalue weighted by Gasteiger charge is 2.05. The van der Waals surface area contributed by atoms with Gasteiger partial charge in [0.1, 0.15) is 18.5 Å². The Morgan fingerprint density at radius 2 is 2.05 bits per heavy atom. The molecule has 0 aliphatic rings. The van der Waals surface area contributed by atoms with Gasteiger partial charge < -0.3 is 19.9 Å². The lowest BCUT2D eigenvalue weighted by atomic mass is 10.3. The monoisotopic (exact) mass is 299 g/mol. The number of aliphatic hydroxyl groups excluding tert-OH is 1. The molecule has 112 valence electrons. The van der Waals surface area contributed by atoms with E-state index in [-0.39, 0.29) is 19.1 Å². The summed E-state index contributed by atoms with van der Waals surface area (Å²) in [5.74, 6) is 1.05. The molecule has 2 N–H and O–H groups in total. The number of hydrogen-bond acceptors (Lipinski definition) is 5. The molecule has 0 radical (unpaired) electrons. The molecule has 0 aromatic heterocycles. The lowest BCUT2D eigenvalue weighted by Crippen LogP contribution is -2.23. The molecular weight excluding hydrogens is 278 g/mol. The maximum atomic E-state index is 11.4. The summed E-state index contributed by atoms with van der Waals surface area (Å²) < 4.78 is 10.5. The average molecular weight is 299 g/mol. The second-order valence-corrected chi connectivity index (χ2v) is 5.00. The Kier molecular flexibility index (Phi) is 8.10. The Labute approximate surface area is 123 Å². The number of thioether (sulfide) groups is 1. The molecule has 0 spiro atoms. The van der Waals surface area contributed by atoms with Crippen LogP contribution in [-0.2, 0) is 9.53 Å². The standard InChI is InChI=1S/C14H21NO4S/c1-3-18-8-12(16)9-19-13-6-4-11(5-7-13)15-14(17)10-20-2/h4-7,12,16H,3,8-10H2,1-2H3,(H,15,17). The Balaban J connectivity index is 2.36. The summed E-state index contributed by atoms with van der Waals surface area (Å²) >= 11 is 1.47. The fourth-order valence-corrected chi connectivity index (χ4v) is 1.79. The SMILES string of the molecule is CCOCC(O)COc1ccc(NC(=O)CSC)cc1. The summed E-state index contributed by atoms with van der Waals surface area (Å²) in [5, 5.41) is 12.3. The van der Waals surface area contributed by atoms with E-state index in [1.165, 1.54) is 11.8 Å². The van der Waals surface area contributed by atoms with Gasteiger partial charge in [0, 0.05) is 12.3 Å². The smallest absolute Gasteiger partial charge is 0.234 e. The van der Waals surface area contributed by atoms with E-state index in [1.807, 2.05) is 13.2 Å². The third-order valence-electron chi connectivity index (χ3n) is 2.37. The Morgan fingerprint density at radius 3 is 2.65 bits per heavy atom. The largest absolute Gasteiger partial charge is 0.491 e. The van der Waals surface area contributed by atoms with Crippen molar-refractivity contribution >= 4 is 23.4 Å². The van der Waals surface area contributed by atoms with Crippen molar-refractivity contribution in [2.24, 2.45) is 0 Å². The zero-order valence-corrected chi connectivity index (χ0v) is 12.6. The van der Waals surface area contributed by atoms with E-state index in [4.69, 9.17) is 9.47 Å². The Bertz CT molecular complexity index is 397. The van der Waals surface area contributed by atoms with E-state index in [9.17, 15) is 9.90 Å². The molecule has 0 heterocycles. The molecule has 1 rings (SSSR count). The first-order valence-electron chi connectivity index (χ1n) is 6.43. The molecule has 0 fully saturated rings. The van der Waals surface area contributed by atoms with Crippen LogP contribution >= 0.6 is 11.8 Å². The van der Waals surface area contributed by atoms with Gasteiger partial charge in [-0.3, -0.25) is 4.79 Å². The first-order chi connectivity index (χ1) is 9.65. The molecule has 0 aliphatic heterocycles. The van der Waals surface area contributed by atoms with Crippen LogP contribution in [0, 0.1) is 0 Å². The Morgan fingerprint density at radius 1 is 1.35 bits per heavy atom. The minimum Gasteiger partial charge on any atom is -0.491 e. The third-order valence-corrected chi connectivity index (χ3v) is 2.92. The second kappa shape index (κ2) is 9.63. The molecule has 5 nitrogen and oxygen atoms in total. The zero-order chi connectivity index (χ0) is 14.8. The molecule has 6 heteroatoms. The fraction of sp³-hybridized carbons (Fsp3) is 0.500. The highest BCUT2D eigenvalue weighted by atomic mass is 32.2. The summed E-state index contributed by atoms with van der Waals surface area (Å²) in [7, 11) is 0. The van der Waals surface area contributed by atoms with Gasteiger partial charge in [-0.05, 0) is 37.4 Å². The Hall–Kier alpha value is -1.24. The normalized spacial score (nSPS) is 11.9. The molecule has 1 aromatic carbocycles. The van der Waals surface area contributed by atoms with E-state index < -0.39 is 6.10 Å². The van der Waals surface area contributed by atoms with Crippen molar-refractivity contribution in [3.8, 4) is 5.75 Å². The first-order valence-corrected chi connectivity index (χ1v) is 7.82. The fourth-order valence-electron chi connectivity index (χ4n) is 1.46. The molecule has 1 atom stereocenters. The number of carbonyl (C=O) groups excluding carboxylic acids is 1. The highest BCUT2D eigenvalue weighted by Crippen LogP contribution is 2.16. The van der Waals surface area contributed by atoms with E-state index in [0.29, 0.717) is 18.1 Å². The number of aliphatic hydroxyl groups is 1. The molecule has 1 aromatic rings. The van der Waals surface area contributed by atoms with Gasteiger partial charge in [0.05, 0.1) is 12.4 Å². The highest BCUT2D eigenvalue weighted by molar-refractivity contribution is 7.99.